The van der Waals surface area contributed by atoms with Crippen molar-refractivity contribution < 1.29 is 13.6 Å². The van der Waals surface area contributed by atoms with Gasteiger partial charge in [-0.15, -0.1) is 5.10 Å². The Morgan fingerprint density at radius 3 is 2.65 bits per heavy atom. The lowest BCUT2D eigenvalue weighted by atomic mass is 9.95. The number of carbonyl (C=O) groups excluding carboxylic acids is 1. The van der Waals surface area contributed by atoms with Crippen molar-refractivity contribution in [1.29, 1.82) is 0 Å². The molecule has 1 aliphatic rings. The van der Waals surface area contributed by atoms with E-state index in [1.54, 1.807) is 37.4 Å². The fraction of sp³-hybridized carbons (Fsp3) is 0.250. The molecule has 5 heterocycles. The van der Waals surface area contributed by atoms with E-state index in [1.807, 2.05) is 0 Å². The third-order valence-corrected chi connectivity index (χ3v) is 7.74. The van der Waals surface area contributed by atoms with Gasteiger partial charge in [-0.25, -0.2) is 14.3 Å². The largest absolute Gasteiger partial charge is 0.333 e. The van der Waals surface area contributed by atoms with Crippen LogP contribution in [0.25, 0.3) is 28.2 Å². The predicted molar refractivity (Wildman–Crippen MR) is 155 cm³/mol. The quantitative estimate of drug-likeness (QED) is 0.267. The van der Waals surface area contributed by atoms with Gasteiger partial charge in [-0.2, -0.15) is 13.9 Å². The molecule has 6 rings (SSSR count). The molecule has 0 saturated carbocycles. The summed E-state index contributed by atoms with van der Waals surface area (Å²) in [5.74, 6) is -0.728. The van der Waals surface area contributed by atoms with Crippen LogP contribution in [0.1, 0.15) is 44.3 Å². The third kappa shape index (κ3) is 5.65. The first-order valence-corrected chi connectivity index (χ1v) is 14.0. The van der Waals surface area contributed by atoms with Crippen LogP contribution in [0.5, 0.6) is 0 Å². The van der Waals surface area contributed by atoms with Crippen LogP contribution in [0.3, 0.4) is 0 Å². The molecule has 11 nitrogen and oxygen atoms in total. The number of rotatable bonds is 4. The average Bonchev–Trinajstić information content (AvgIpc) is 3.61. The summed E-state index contributed by atoms with van der Waals surface area (Å²) in [6.45, 7) is -1.18. The third-order valence-electron chi connectivity index (χ3n) is 7.34. The number of alkyl halides is 2. The highest BCUT2D eigenvalue weighted by Gasteiger charge is 2.26. The highest BCUT2D eigenvalue weighted by Crippen LogP contribution is 2.35. The minimum atomic E-state index is -2.95. The lowest BCUT2D eigenvalue weighted by molar-refractivity contribution is -0.119. The Balaban J connectivity index is 1.45. The van der Waals surface area contributed by atoms with Crippen molar-refractivity contribution in [1.82, 2.24) is 39.3 Å². The number of halogens is 4. The number of pyridine rings is 1. The Kier molecular flexibility index (Phi) is 7.75. The zero-order valence-electron chi connectivity index (χ0n) is 22.5. The maximum absolute atomic E-state index is 13.9. The van der Waals surface area contributed by atoms with Gasteiger partial charge in [0.25, 0.3) is 5.56 Å². The number of fused-ring (bicyclic) bond motifs is 4. The van der Waals surface area contributed by atoms with E-state index >= 15 is 0 Å². The molecule has 15 heteroatoms. The Morgan fingerprint density at radius 1 is 1.07 bits per heavy atom. The summed E-state index contributed by atoms with van der Waals surface area (Å²) in [6.07, 6.45) is 8.72. The monoisotopic (exact) mass is 625 g/mol. The van der Waals surface area contributed by atoms with E-state index in [0.717, 1.165) is 0 Å². The van der Waals surface area contributed by atoms with E-state index < -0.39 is 18.5 Å². The van der Waals surface area contributed by atoms with Gasteiger partial charge >= 0.3 is 6.55 Å². The first-order chi connectivity index (χ1) is 20.7. The number of benzene rings is 1. The Morgan fingerprint density at radius 2 is 1.91 bits per heavy atom. The predicted octanol–water partition coefficient (Wildman–Crippen LogP) is 5.80. The maximum Gasteiger partial charge on any atom is 0.333 e. The molecule has 4 aromatic heterocycles. The average molecular weight is 626 g/mol. The molecule has 1 aliphatic heterocycles. The number of anilines is 1. The van der Waals surface area contributed by atoms with Crippen molar-refractivity contribution in [3.63, 3.8) is 0 Å². The zero-order valence-corrected chi connectivity index (χ0v) is 24.0. The molecule has 220 valence electrons. The molecular formula is C28H23Cl2F2N9O2. The molecule has 1 aromatic carbocycles. The van der Waals surface area contributed by atoms with Crippen molar-refractivity contribution >= 4 is 34.8 Å². The van der Waals surface area contributed by atoms with Crippen molar-refractivity contribution in [2.24, 2.45) is 5.92 Å². The lowest BCUT2D eigenvalue weighted by Gasteiger charge is -2.23. The van der Waals surface area contributed by atoms with E-state index in [4.69, 9.17) is 23.2 Å². The fourth-order valence-electron chi connectivity index (χ4n) is 5.20. The summed E-state index contributed by atoms with van der Waals surface area (Å²) in [5, 5.41) is 15.0. The molecule has 0 spiro atoms. The number of aromatic nitrogens is 8. The van der Waals surface area contributed by atoms with Crippen LogP contribution in [0.15, 0.2) is 66.2 Å². The van der Waals surface area contributed by atoms with Crippen molar-refractivity contribution in [3.05, 3.63) is 87.5 Å². The number of hydrogen-bond donors (Lipinski definition) is 1. The summed E-state index contributed by atoms with van der Waals surface area (Å²) < 4.78 is 31.3. The van der Waals surface area contributed by atoms with Crippen LogP contribution in [0, 0.1) is 5.92 Å². The molecule has 2 bridgehead atoms. The second-order valence-corrected chi connectivity index (χ2v) is 11.0. The molecule has 2 unspecified atom stereocenters. The van der Waals surface area contributed by atoms with Gasteiger partial charge in [-0.05, 0) is 42.7 Å². The molecule has 0 aliphatic carbocycles. The lowest BCUT2D eigenvalue weighted by Crippen LogP contribution is -2.27. The highest BCUT2D eigenvalue weighted by atomic mass is 35.5. The number of nitrogens with one attached hydrogen (secondary N) is 1. The van der Waals surface area contributed by atoms with E-state index in [2.05, 4.69) is 30.7 Å². The second-order valence-electron chi connectivity index (χ2n) is 10.1. The van der Waals surface area contributed by atoms with E-state index in [-0.39, 0.29) is 28.0 Å². The standard InChI is InChI=1S/C28H23Cl2F2N9O2/c1-15-3-2-4-22(16-7-17(11-33-10-16)26-21(36-27(15)43)12-35-41(26)28(31)32)39-14-34-20(9-25(39)42)19-8-18(29)5-6-23(19)40-13-24(30)37-38-40/h5-15,22,28H,2-4H2,1H3,(H,36,43). The van der Waals surface area contributed by atoms with Gasteiger partial charge in [0, 0.05) is 40.5 Å². The molecule has 5 aromatic rings. The van der Waals surface area contributed by atoms with Crippen molar-refractivity contribution in [2.45, 2.75) is 38.8 Å². The summed E-state index contributed by atoms with van der Waals surface area (Å²) in [6, 6.07) is 7.58. The molecule has 0 fully saturated rings. The zero-order chi connectivity index (χ0) is 30.2. The fourth-order valence-corrected chi connectivity index (χ4v) is 5.49. The van der Waals surface area contributed by atoms with Crippen LogP contribution in [-0.4, -0.2) is 45.2 Å². The molecule has 1 N–H and O–H groups in total. The van der Waals surface area contributed by atoms with Crippen molar-refractivity contribution in [3.8, 4) is 28.2 Å². The van der Waals surface area contributed by atoms with Gasteiger partial charge < -0.3 is 5.32 Å². The Hall–Kier alpha value is -4.49. The van der Waals surface area contributed by atoms with Gasteiger partial charge in [0.1, 0.15) is 0 Å². The van der Waals surface area contributed by atoms with E-state index in [1.165, 1.54) is 40.2 Å². The Bertz CT molecular complexity index is 1890. The van der Waals surface area contributed by atoms with Gasteiger partial charge in [-0.3, -0.25) is 19.1 Å². The number of carbonyl (C=O) groups is 1. The van der Waals surface area contributed by atoms with Crippen LogP contribution in [0.4, 0.5) is 14.5 Å². The minimum Gasteiger partial charge on any atom is -0.323 e. The van der Waals surface area contributed by atoms with Gasteiger partial charge in [0.05, 0.1) is 47.5 Å². The van der Waals surface area contributed by atoms with Gasteiger partial charge in [0.2, 0.25) is 5.91 Å². The number of amides is 1. The van der Waals surface area contributed by atoms with E-state index in [0.29, 0.717) is 57.0 Å². The molecule has 0 saturated heterocycles. The SMILES string of the molecule is CC1CCCC(n2cnc(-c3cc(Cl)ccc3-n3cc(Cl)nn3)cc2=O)c2cncc(c2)-c2c(cnn2C(F)F)NC1=O. The normalized spacial score (nSPS) is 17.2. The number of nitrogens with zero attached hydrogens (tertiary/aromatic N) is 8. The minimum absolute atomic E-state index is 0.0201. The summed E-state index contributed by atoms with van der Waals surface area (Å²) >= 11 is 12.3. The second kappa shape index (κ2) is 11.7. The van der Waals surface area contributed by atoms with Gasteiger partial charge in [-0.1, -0.05) is 41.8 Å². The molecular weight excluding hydrogens is 603 g/mol. The molecule has 1 amide bonds. The van der Waals surface area contributed by atoms with Crippen LogP contribution in [0.2, 0.25) is 10.2 Å². The molecule has 2 atom stereocenters. The summed E-state index contributed by atoms with van der Waals surface area (Å²) in [7, 11) is 0. The first-order valence-electron chi connectivity index (χ1n) is 13.3. The van der Waals surface area contributed by atoms with Crippen LogP contribution in [-0.2, 0) is 4.79 Å². The molecule has 43 heavy (non-hydrogen) atoms. The van der Waals surface area contributed by atoms with Crippen LogP contribution >= 0.6 is 23.2 Å². The maximum atomic E-state index is 13.9. The topological polar surface area (TPSA) is 125 Å². The number of hydrogen-bond acceptors (Lipinski definition) is 7. The summed E-state index contributed by atoms with van der Waals surface area (Å²) in [5.41, 5.74) is 2.19. The summed E-state index contributed by atoms with van der Waals surface area (Å²) in [4.78, 5) is 35.5. The highest BCUT2D eigenvalue weighted by molar-refractivity contribution is 6.31. The smallest absolute Gasteiger partial charge is 0.323 e. The first kappa shape index (κ1) is 28.6. The van der Waals surface area contributed by atoms with E-state index in [9.17, 15) is 18.4 Å². The molecule has 0 radical (unpaired) electrons. The van der Waals surface area contributed by atoms with Gasteiger partial charge in [0.15, 0.2) is 5.15 Å². The Labute approximate surface area is 253 Å². The van der Waals surface area contributed by atoms with Crippen LogP contribution < -0.4 is 10.9 Å². The van der Waals surface area contributed by atoms with Crippen molar-refractivity contribution in [2.75, 3.05) is 5.32 Å².